The molecule has 2 bridgehead atoms. The number of piperidine rings is 3. The average molecular weight is 301 g/mol. The van der Waals surface area contributed by atoms with E-state index in [0.29, 0.717) is 11.5 Å². The van der Waals surface area contributed by atoms with Crippen LogP contribution in [0.25, 0.3) is 0 Å². The van der Waals surface area contributed by atoms with E-state index in [1.807, 2.05) is 32.0 Å². The highest BCUT2D eigenvalue weighted by molar-refractivity contribution is 6.05. The molecule has 22 heavy (non-hydrogen) atoms. The molecule has 0 aromatic heterocycles. The standard InChI is InChI=1S/C17H23N3O2/c1-11-4-3-5-12(2)15(11)16(21)19-17(22)18-14-10-20-8-6-13(14)7-9-20/h3-5,13-14H,6-10H2,1-2H3,(H2,18,19,21,22). The van der Waals surface area contributed by atoms with E-state index in [2.05, 4.69) is 15.5 Å². The molecule has 1 unspecified atom stereocenters. The monoisotopic (exact) mass is 301 g/mol. The van der Waals surface area contributed by atoms with Gasteiger partial charge in [0.25, 0.3) is 5.91 Å². The lowest BCUT2D eigenvalue weighted by Crippen LogP contribution is -2.59. The highest BCUT2D eigenvalue weighted by atomic mass is 16.2. The summed E-state index contributed by atoms with van der Waals surface area (Å²) in [5, 5.41) is 5.45. The highest BCUT2D eigenvalue weighted by Crippen LogP contribution is 2.27. The number of imide groups is 1. The molecule has 5 nitrogen and oxygen atoms in total. The summed E-state index contributed by atoms with van der Waals surface area (Å²) in [5.74, 6) is 0.223. The molecule has 0 spiro atoms. The zero-order chi connectivity index (χ0) is 15.7. The van der Waals surface area contributed by atoms with Crippen molar-refractivity contribution in [2.24, 2.45) is 5.92 Å². The number of urea groups is 1. The van der Waals surface area contributed by atoms with Crippen molar-refractivity contribution in [1.29, 1.82) is 0 Å². The van der Waals surface area contributed by atoms with Gasteiger partial charge in [-0.25, -0.2) is 4.79 Å². The average Bonchev–Trinajstić information content (AvgIpc) is 2.48. The van der Waals surface area contributed by atoms with E-state index in [-0.39, 0.29) is 18.0 Å². The van der Waals surface area contributed by atoms with Crippen LogP contribution in [-0.2, 0) is 0 Å². The Hall–Kier alpha value is -1.88. The molecule has 1 atom stereocenters. The molecule has 118 valence electrons. The minimum Gasteiger partial charge on any atom is -0.333 e. The fraction of sp³-hybridized carbons (Fsp3) is 0.529. The topological polar surface area (TPSA) is 61.4 Å². The van der Waals surface area contributed by atoms with Crippen LogP contribution in [0.3, 0.4) is 0 Å². The molecule has 1 aromatic rings. The maximum atomic E-state index is 12.3. The SMILES string of the molecule is Cc1cccc(C)c1C(=O)NC(=O)NC1CN2CCC1CC2. The van der Waals surface area contributed by atoms with E-state index < -0.39 is 0 Å². The summed E-state index contributed by atoms with van der Waals surface area (Å²) in [4.78, 5) is 26.8. The fourth-order valence-electron chi connectivity index (χ4n) is 3.67. The van der Waals surface area contributed by atoms with E-state index in [0.717, 1.165) is 43.6 Å². The number of hydrogen-bond acceptors (Lipinski definition) is 3. The summed E-state index contributed by atoms with van der Waals surface area (Å²) in [6.07, 6.45) is 2.27. The Morgan fingerprint density at radius 1 is 1.14 bits per heavy atom. The van der Waals surface area contributed by atoms with Crippen LogP contribution in [0.15, 0.2) is 18.2 Å². The number of aryl methyl sites for hydroxylation is 2. The largest absolute Gasteiger partial charge is 0.333 e. The number of carbonyl (C=O) groups excluding carboxylic acids is 2. The molecule has 4 rings (SSSR count). The van der Waals surface area contributed by atoms with E-state index in [1.54, 1.807) is 0 Å². The quantitative estimate of drug-likeness (QED) is 0.876. The van der Waals surface area contributed by atoms with Gasteiger partial charge in [-0.15, -0.1) is 0 Å². The molecule has 3 fully saturated rings. The van der Waals surface area contributed by atoms with Gasteiger partial charge in [0, 0.05) is 18.2 Å². The number of amides is 3. The molecule has 3 amide bonds. The van der Waals surface area contributed by atoms with Crippen molar-refractivity contribution in [1.82, 2.24) is 15.5 Å². The van der Waals surface area contributed by atoms with Crippen molar-refractivity contribution >= 4 is 11.9 Å². The van der Waals surface area contributed by atoms with Crippen LogP contribution in [-0.4, -0.2) is 42.5 Å². The molecular formula is C17H23N3O2. The van der Waals surface area contributed by atoms with Gasteiger partial charge in [-0.3, -0.25) is 10.1 Å². The fourth-order valence-corrected chi connectivity index (χ4v) is 3.67. The minimum absolute atomic E-state index is 0.160. The summed E-state index contributed by atoms with van der Waals surface area (Å²) in [5.41, 5.74) is 2.35. The molecule has 3 heterocycles. The summed E-state index contributed by atoms with van der Waals surface area (Å²) in [7, 11) is 0. The van der Waals surface area contributed by atoms with Crippen LogP contribution < -0.4 is 10.6 Å². The summed E-state index contributed by atoms with van der Waals surface area (Å²) in [6, 6.07) is 5.45. The molecule has 0 aliphatic carbocycles. The molecule has 0 radical (unpaired) electrons. The zero-order valence-electron chi connectivity index (χ0n) is 13.2. The number of fused-ring (bicyclic) bond motifs is 3. The van der Waals surface area contributed by atoms with Crippen LogP contribution in [0.5, 0.6) is 0 Å². The van der Waals surface area contributed by atoms with Crippen molar-refractivity contribution in [3.05, 3.63) is 34.9 Å². The number of hydrogen-bond donors (Lipinski definition) is 2. The Bertz CT molecular complexity index is 571. The highest BCUT2D eigenvalue weighted by Gasteiger charge is 2.35. The van der Waals surface area contributed by atoms with Gasteiger partial charge < -0.3 is 10.2 Å². The molecule has 3 aliphatic rings. The Labute approximate surface area is 131 Å². The maximum absolute atomic E-state index is 12.3. The van der Waals surface area contributed by atoms with Gasteiger partial charge in [0.1, 0.15) is 0 Å². The summed E-state index contributed by atoms with van der Waals surface area (Å²) < 4.78 is 0. The van der Waals surface area contributed by atoms with Crippen LogP contribution in [0.1, 0.15) is 34.3 Å². The molecule has 1 aromatic carbocycles. The van der Waals surface area contributed by atoms with Crippen LogP contribution in [0.2, 0.25) is 0 Å². The predicted molar refractivity (Wildman–Crippen MR) is 84.9 cm³/mol. The summed E-state index contributed by atoms with van der Waals surface area (Å²) in [6.45, 7) is 6.92. The molecule has 2 N–H and O–H groups in total. The van der Waals surface area contributed by atoms with Crippen LogP contribution >= 0.6 is 0 Å². The normalized spacial score (nSPS) is 26.5. The van der Waals surface area contributed by atoms with Gasteiger partial charge in [-0.1, -0.05) is 18.2 Å². The third kappa shape index (κ3) is 2.99. The van der Waals surface area contributed by atoms with Gasteiger partial charge in [0.15, 0.2) is 0 Å². The Morgan fingerprint density at radius 2 is 1.77 bits per heavy atom. The molecular weight excluding hydrogens is 278 g/mol. The van der Waals surface area contributed by atoms with Gasteiger partial charge in [-0.05, 0) is 56.8 Å². The van der Waals surface area contributed by atoms with E-state index in [9.17, 15) is 9.59 Å². The number of benzene rings is 1. The van der Waals surface area contributed by atoms with Crippen molar-refractivity contribution in [3.63, 3.8) is 0 Å². The maximum Gasteiger partial charge on any atom is 0.321 e. The molecule has 3 aliphatic heterocycles. The van der Waals surface area contributed by atoms with E-state index >= 15 is 0 Å². The molecule has 3 saturated heterocycles. The molecule has 0 saturated carbocycles. The first-order valence-electron chi connectivity index (χ1n) is 7.95. The molecule has 5 heteroatoms. The first-order valence-corrected chi connectivity index (χ1v) is 7.95. The third-order valence-electron chi connectivity index (χ3n) is 4.91. The van der Waals surface area contributed by atoms with Gasteiger partial charge in [0.2, 0.25) is 0 Å². The van der Waals surface area contributed by atoms with Crippen molar-refractivity contribution in [3.8, 4) is 0 Å². The first-order chi connectivity index (χ1) is 10.5. The Kier molecular flexibility index (Phi) is 4.16. The van der Waals surface area contributed by atoms with Crippen molar-refractivity contribution in [2.45, 2.75) is 32.7 Å². The van der Waals surface area contributed by atoms with Crippen molar-refractivity contribution < 1.29 is 9.59 Å². The lowest BCUT2D eigenvalue weighted by atomic mass is 9.84. The minimum atomic E-state index is -0.383. The van der Waals surface area contributed by atoms with E-state index in [1.165, 1.54) is 0 Å². The second-order valence-electron chi connectivity index (χ2n) is 6.44. The predicted octanol–water partition coefficient (Wildman–Crippen LogP) is 1.84. The number of nitrogens with one attached hydrogen (secondary N) is 2. The van der Waals surface area contributed by atoms with Crippen molar-refractivity contribution in [2.75, 3.05) is 19.6 Å². The Balaban J connectivity index is 1.61. The lowest BCUT2D eigenvalue weighted by molar-refractivity contribution is 0.0757. The number of carbonyl (C=O) groups is 2. The lowest BCUT2D eigenvalue weighted by Gasteiger charge is -2.44. The van der Waals surface area contributed by atoms with E-state index in [4.69, 9.17) is 0 Å². The number of nitrogens with zero attached hydrogens (tertiary/aromatic N) is 1. The zero-order valence-corrected chi connectivity index (χ0v) is 13.2. The third-order valence-corrected chi connectivity index (χ3v) is 4.91. The summed E-state index contributed by atoms with van der Waals surface area (Å²) >= 11 is 0. The van der Waals surface area contributed by atoms with Gasteiger partial charge in [0.05, 0.1) is 0 Å². The Morgan fingerprint density at radius 3 is 2.32 bits per heavy atom. The first kappa shape index (κ1) is 15.0. The van der Waals surface area contributed by atoms with Gasteiger partial charge in [-0.2, -0.15) is 0 Å². The van der Waals surface area contributed by atoms with Gasteiger partial charge >= 0.3 is 6.03 Å². The van der Waals surface area contributed by atoms with Crippen LogP contribution in [0.4, 0.5) is 4.79 Å². The number of rotatable bonds is 2. The smallest absolute Gasteiger partial charge is 0.321 e. The second kappa shape index (κ2) is 6.08. The second-order valence-corrected chi connectivity index (χ2v) is 6.44. The van der Waals surface area contributed by atoms with Crippen LogP contribution in [0, 0.1) is 19.8 Å².